The summed E-state index contributed by atoms with van der Waals surface area (Å²) in [6.45, 7) is 1.36. The Morgan fingerprint density at radius 2 is 0.966 bits per heavy atom. The maximum atomic E-state index is 8.52. The predicted octanol–water partition coefficient (Wildman–Crippen LogP) is -3.05. The number of guanidine groups is 2. The van der Waals surface area contributed by atoms with E-state index in [9.17, 15) is 0 Å². The second-order valence-electron chi connectivity index (χ2n) is 5.28. The van der Waals surface area contributed by atoms with Gasteiger partial charge in [-0.1, -0.05) is 24.3 Å². The number of nitrogens with one attached hydrogen (secondary N) is 2. The molecule has 2 aromatic rings. The average molecular weight is 648 g/mol. The van der Waals surface area contributed by atoms with Crippen LogP contribution in [0.2, 0.25) is 0 Å². The van der Waals surface area contributed by atoms with Gasteiger partial charge >= 0.3 is 11.9 Å². The van der Waals surface area contributed by atoms with Crippen LogP contribution in [-0.2, 0) is 23.5 Å². The summed E-state index contributed by atoms with van der Waals surface area (Å²) >= 11 is 4.53. The molecule has 29 heavy (non-hydrogen) atoms. The fourth-order valence-corrected chi connectivity index (χ4v) is 2.33. The minimum atomic E-state index is -5.17. The lowest BCUT2D eigenvalue weighted by Crippen LogP contribution is -2.76. The van der Waals surface area contributed by atoms with E-state index in [0.29, 0.717) is 13.1 Å². The highest BCUT2D eigenvalue weighted by molar-refractivity contribution is 14.1. The first-order valence-corrected chi connectivity index (χ1v) is 11.2. The van der Waals surface area contributed by atoms with Crippen molar-refractivity contribution in [2.24, 2.45) is 22.9 Å². The lowest BCUT2D eigenvalue weighted by atomic mass is 10.2. The van der Waals surface area contributed by atoms with Gasteiger partial charge in [-0.05, 0) is 80.6 Å². The average Bonchev–Trinajstić information content (AvgIpc) is 2.60. The fraction of sp³-hybridized carbons (Fsp3) is 0.125. The van der Waals surface area contributed by atoms with Crippen molar-refractivity contribution in [2.75, 3.05) is 0 Å². The Hall–Kier alpha value is -1.69. The van der Waals surface area contributed by atoms with Gasteiger partial charge in [0.15, 0.2) is 0 Å². The third kappa shape index (κ3) is 19.4. The molecule has 0 aromatic heterocycles. The highest BCUT2D eigenvalue weighted by atomic mass is 127. The molecule has 10 nitrogen and oxygen atoms in total. The highest BCUT2D eigenvalue weighted by Crippen LogP contribution is 2.05. The summed E-state index contributed by atoms with van der Waals surface area (Å²) in [5.41, 5.74) is 23.3. The molecule has 0 saturated carbocycles. The molecule has 0 amide bonds. The smallest absolute Gasteiger partial charge is 0.339 e. The third-order valence-corrected chi connectivity index (χ3v) is 4.26. The van der Waals surface area contributed by atoms with Crippen LogP contribution >= 0.6 is 45.2 Å². The van der Waals surface area contributed by atoms with E-state index in [1.54, 1.807) is 0 Å². The summed E-state index contributed by atoms with van der Waals surface area (Å²) in [5.74, 6) is 0.516. The van der Waals surface area contributed by atoms with Crippen molar-refractivity contribution in [3.63, 3.8) is 0 Å². The van der Waals surface area contributed by atoms with Gasteiger partial charge in [0.25, 0.3) is 0 Å². The highest BCUT2D eigenvalue weighted by Gasteiger charge is 1.93. The summed E-state index contributed by atoms with van der Waals surface area (Å²) in [6, 6.07) is 16.3. The van der Waals surface area contributed by atoms with E-state index in [2.05, 4.69) is 55.2 Å². The zero-order valence-corrected chi connectivity index (χ0v) is 20.3. The van der Waals surface area contributed by atoms with Crippen LogP contribution in [0.5, 0.6) is 0 Å². The quantitative estimate of drug-likeness (QED) is 0.0658. The summed E-state index contributed by atoms with van der Waals surface area (Å²) in [4.78, 5) is 5.70. The number of halogens is 2. The minimum Gasteiger partial charge on any atom is -0.759 e. The summed E-state index contributed by atoms with van der Waals surface area (Å²) in [5, 5.41) is 0. The Morgan fingerprint density at radius 3 is 1.17 bits per heavy atom. The van der Waals surface area contributed by atoms with Gasteiger partial charge in [-0.2, -0.15) is 0 Å². The standard InChI is InChI=1S/2C8H10IN3.H2O4S/c2*9-7-3-1-6(2-4-7)5-12-8(10)11;1-5(2,3)4/h2*1-4H,5H2,(H4,10,11,12);(H2,1,2,3,4). The van der Waals surface area contributed by atoms with Gasteiger partial charge in [-0.25, -0.2) is 0 Å². The zero-order chi connectivity index (χ0) is 22.4. The van der Waals surface area contributed by atoms with Crippen LogP contribution < -0.4 is 32.9 Å². The van der Waals surface area contributed by atoms with Gasteiger partial charge in [0.2, 0.25) is 0 Å². The van der Waals surface area contributed by atoms with Gasteiger partial charge < -0.3 is 9.11 Å². The molecule has 13 heteroatoms. The first kappa shape index (κ1) is 27.3. The van der Waals surface area contributed by atoms with Crippen LogP contribution in [0.25, 0.3) is 0 Å². The second kappa shape index (κ2) is 14.3. The van der Waals surface area contributed by atoms with Crippen molar-refractivity contribution in [1.82, 2.24) is 0 Å². The van der Waals surface area contributed by atoms with E-state index >= 15 is 0 Å². The van der Waals surface area contributed by atoms with Crippen molar-refractivity contribution < 1.29 is 27.5 Å². The summed E-state index contributed by atoms with van der Waals surface area (Å²) in [6.07, 6.45) is 0. The van der Waals surface area contributed by atoms with Crippen molar-refractivity contribution in [3.8, 4) is 0 Å². The largest absolute Gasteiger partial charge is 0.759 e. The molecule has 0 atom stereocenters. The van der Waals surface area contributed by atoms with Crippen LogP contribution in [0.3, 0.4) is 0 Å². The van der Waals surface area contributed by atoms with E-state index in [1.807, 2.05) is 48.5 Å². The number of hydrogen-bond acceptors (Lipinski definition) is 4. The first-order valence-electron chi connectivity index (χ1n) is 7.76. The molecule has 2 rings (SSSR count). The number of rotatable bonds is 4. The molecule has 0 aliphatic carbocycles. The molecule has 0 fully saturated rings. The normalized spacial score (nSPS) is 9.79. The molecule has 160 valence electrons. The van der Waals surface area contributed by atoms with Crippen LogP contribution in [0.4, 0.5) is 0 Å². The van der Waals surface area contributed by atoms with Crippen molar-refractivity contribution in [3.05, 3.63) is 66.8 Å². The Balaban J connectivity index is 0.000000442. The van der Waals surface area contributed by atoms with Gasteiger partial charge in [0.05, 0.1) is 13.1 Å². The second-order valence-corrected chi connectivity index (χ2v) is 8.59. The van der Waals surface area contributed by atoms with E-state index < -0.39 is 10.4 Å². The Morgan fingerprint density at radius 1 is 0.724 bits per heavy atom. The van der Waals surface area contributed by atoms with E-state index in [0.717, 1.165) is 0 Å². The predicted molar refractivity (Wildman–Crippen MR) is 125 cm³/mol. The topological polar surface area (TPSA) is 212 Å². The lowest BCUT2D eigenvalue weighted by Gasteiger charge is -2.06. The molecule has 0 spiro atoms. The first-order chi connectivity index (χ1) is 13.4. The maximum Gasteiger partial charge on any atom is 0.339 e. The Labute approximate surface area is 196 Å². The number of benzene rings is 2. The van der Waals surface area contributed by atoms with E-state index in [1.165, 1.54) is 18.3 Å². The lowest BCUT2D eigenvalue weighted by molar-refractivity contribution is -0.477. The van der Waals surface area contributed by atoms with Crippen LogP contribution in [0.15, 0.2) is 48.5 Å². The van der Waals surface area contributed by atoms with Gasteiger partial charge in [-0.3, -0.25) is 41.3 Å². The molecule has 0 radical (unpaired) electrons. The molecule has 0 bridgehead atoms. The van der Waals surface area contributed by atoms with E-state index in [4.69, 9.17) is 40.5 Å². The summed E-state index contributed by atoms with van der Waals surface area (Å²) < 4.78 is 36.5. The molecule has 0 aliphatic rings. The molecule has 0 aliphatic heterocycles. The fourth-order valence-electron chi connectivity index (χ4n) is 1.61. The molecule has 0 unspecified atom stereocenters. The summed E-state index contributed by atoms with van der Waals surface area (Å²) in [7, 11) is -5.17. The molecular weight excluding hydrogens is 626 g/mol. The SMILES string of the molecule is NC(N)=[NH+]Cc1ccc(I)cc1.NC(N)=[NH+]Cc1ccc(I)cc1.O=S(=O)([O-])[O-]. The van der Waals surface area contributed by atoms with Gasteiger partial charge in [-0.15, -0.1) is 0 Å². The third-order valence-electron chi connectivity index (χ3n) is 2.82. The molecule has 0 saturated heterocycles. The molecule has 10 N–H and O–H groups in total. The van der Waals surface area contributed by atoms with Crippen molar-refractivity contribution in [2.45, 2.75) is 13.1 Å². The Bertz CT molecular complexity index is 827. The van der Waals surface area contributed by atoms with Crippen LogP contribution in [0.1, 0.15) is 11.1 Å². The molecule has 0 heterocycles. The molecule has 2 aromatic carbocycles. The number of hydrogen-bond donors (Lipinski definition) is 6. The van der Waals surface area contributed by atoms with Crippen LogP contribution in [0, 0.1) is 7.14 Å². The van der Waals surface area contributed by atoms with Crippen molar-refractivity contribution in [1.29, 1.82) is 0 Å². The van der Waals surface area contributed by atoms with E-state index in [-0.39, 0.29) is 11.9 Å². The van der Waals surface area contributed by atoms with Gasteiger partial charge in [0, 0.05) is 17.5 Å². The molecular formula is C16H22I2N6O4S. The number of nitrogens with two attached hydrogens (primary N) is 4. The van der Waals surface area contributed by atoms with Crippen molar-refractivity contribution >= 4 is 67.5 Å². The maximum absolute atomic E-state index is 8.52. The monoisotopic (exact) mass is 648 g/mol. The Kier molecular flexibility index (Phi) is 13.5. The minimum absolute atomic E-state index is 0.258. The van der Waals surface area contributed by atoms with Gasteiger partial charge in [0.1, 0.15) is 0 Å². The van der Waals surface area contributed by atoms with Crippen LogP contribution in [-0.4, -0.2) is 29.4 Å². The zero-order valence-electron chi connectivity index (χ0n) is 15.1.